The highest BCUT2D eigenvalue weighted by atomic mass is 19.1. The first-order chi connectivity index (χ1) is 9.45. The molecule has 0 aromatic heterocycles. The molecular formula is C18H20FN. The highest BCUT2D eigenvalue weighted by Crippen LogP contribution is 2.32. The Kier molecular flexibility index (Phi) is 3.04. The minimum atomic E-state index is -0.120. The summed E-state index contributed by atoms with van der Waals surface area (Å²) in [6.07, 6.45) is 0. The number of rotatable bonds is 1. The number of anilines is 1. The predicted molar refractivity (Wildman–Crippen MR) is 81.4 cm³/mol. The summed E-state index contributed by atoms with van der Waals surface area (Å²) >= 11 is 0. The lowest BCUT2D eigenvalue weighted by Gasteiger charge is -2.23. The molecule has 0 bridgehead atoms. The lowest BCUT2D eigenvalue weighted by molar-refractivity contribution is 0.570. The third-order valence-corrected chi connectivity index (χ3v) is 4.00. The maximum absolute atomic E-state index is 14.4. The van der Waals surface area contributed by atoms with E-state index in [0.717, 1.165) is 18.7 Å². The molecule has 0 fully saturated rings. The van der Waals surface area contributed by atoms with E-state index in [1.165, 1.54) is 11.1 Å². The van der Waals surface area contributed by atoms with E-state index < -0.39 is 0 Å². The van der Waals surface area contributed by atoms with Crippen LogP contribution in [-0.4, -0.2) is 0 Å². The van der Waals surface area contributed by atoms with Crippen LogP contribution in [0.4, 0.5) is 10.1 Å². The Morgan fingerprint density at radius 3 is 2.05 bits per heavy atom. The first-order valence-electron chi connectivity index (χ1n) is 7.07. The molecule has 3 rings (SSSR count). The largest absolute Gasteiger partial charge is 0.360 e. The van der Waals surface area contributed by atoms with Crippen LogP contribution in [0, 0.1) is 5.82 Å². The molecular weight excluding hydrogens is 249 g/mol. The van der Waals surface area contributed by atoms with E-state index in [9.17, 15) is 4.39 Å². The average molecular weight is 269 g/mol. The second-order valence-corrected chi connectivity index (χ2v) is 6.54. The fraction of sp³-hybridized carbons (Fsp3) is 0.333. The summed E-state index contributed by atoms with van der Waals surface area (Å²) < 4.78 is 14.4. The minimum absolute atomic E-state index is 0.0205. The molecule has 1 aliphatic rings. The summed E-state index contributed by atoms with van der Waals surface area (Å²) in [6, 6.07) is 14.0. The van der Waals surface area contributed by atoms with Crippen LogP contribution < -0.4 is 4.90 Å². The fourth-order valence-electron chi connectivity index (χ4n) is 2.73. The normalized spacial score (nSPS) is 14.5. The molecule has 0 unspecified atom stereocenters. The molecule has 2 aromatic carbocycles. The lowest BCUT2D eigenvalue weighted by Crippen LogP contribution is -2.17. The van der Waals surface area contributed by atoms with Gasteiger partial charge in [-0.05, 0) is 34.2 Å². The molecule has 0 N–H and O–H groups in total. The van der Waals surface area contributed by atoms with Crippen LogP contribution in [0.25, 0.3) is 0 Å². The van der Waals surface area contributed by atoms with Gasteiger partial charge >= 0.3 is 0 Å². The van der Waals surface area contributed by atoms with Crippen molar-refractivity contribution in [2.75, 3.05) is 4.90 Å². The van der Waals surface area contributed by atoms with Crippen molar-refractivity contribution in [3.63, 3.8) is 0 Å². The van der Waals surface area contributed by atoms with Gasteiger partial charge < -0.3 is 4.90 Å². The second-order valence-electron chi connectivity index (χ2n) is 6.54. The maximum Gasteiger partial charge on any atom is 0.146 e. The Morgan fingerprint density at radius 2 is 1.55 bits per heavy atom. The van der Waals surface area contributed by atoms with Crippen molar-refractivity contribution >= 4 is 5.69 Å². The van der Waals surface area contributed by atoms with Gasteiger partial charge in [0.2, 0.25) is 0 Å². The van der Waals surface area contributed by atoms with Crippen molar-refractivity contribution < 1.29 is 4.39 Å². The van der Waals surface area contributed by atoms with Gasteiger partial charge in [-0.3, -0.25) is 0 Å². The molecule has 1 heterocycles. The highest BCUT2D eigenvalue weighted by molar-refractivity contribution is 5.54. The van der Waals surface area contributed by atoms with Gasteiger partial charge in [-0.15, -0.1) is 0 Å². The zero-order valence-electron chi connectivity index (χ0n) is 12.3. The maximum atomic E-state index is 14.4. The molecule has 0 radical (unpaired) electrons. The topological polar surface area (TPSA) is 3.24 Å². The second kappa shape index (κ2) is 4.62. The van der Waals surface area contributed by atoms with Gasteiger partial charge in [0.05, 0.1) is 5.69 Å². The number of hydrogen-bond donors (Lipinski definition) is 0. The number of hydrogen-bond acceptors (Lipinski definition) is 1. The summed E-state index contributed by atoms with van der Waals surface area (Å²) in [7, 11) is 0. The van der Waals surface area contributed by atoms with Crippen LogP contribution in [0.5, 0.6) is 0 Å². The first kappa shape index (κ1) is 13.2. The van der Waals surface area contributed by atoms with E-state index >= 15 is 0 Å². The molecule has 2 aromatic rings. The van der Waals surface area contributed by atoms with Crippen LogP contribution in [0.3, 0.4) is 0 Å². The van der Waals surface area contributed by atoms with Crippen LogP contribution >= 0.6 is 0 Å². The number of halogens is 1. The fourth-order valence-corrected chi connectivity index (χ4v) is 2.73. The van der Waals surface area contributed by atoms with Crippen molar-refractivity contribution in [1.29, 1.82) is 0 Å². The van der Waals surface area contributed by atoms with Gasteiger partial charge in [-0.1, -0.05) is 51.1 Å². The van der Waals surface area contributed by atoms with Crippen molar-refractivity contribution in [3.8, 4) is 0 Å². The Hall–Kier alpha value is -1.83. The van der Waals surface area contributed by atoms with Gasteiger partial charge in [0, 0.05) is 13.1 Å². The smallest absolute Gasteiger partial charge is 0.146 e. The quantitative estimate of drug-likeness (QED) is 0.728. The van der Waals surface area contributed by atoms with Crippen LogP contribution in [-0.2, 0) is 18.5 Å². The zero-order valence-corrected chi connectivity index (χ0v) is 12.3. The molecule has 1 nitrogen and oxygen atoms in total. The zero-order chi connectivity index (χ0) is 14.3. The molecule has 0 amide bonds. The summed E-state index contributed by atoms with van der Waals surface area (Å²) in [5.74, 6) is -0.120. The highest BCUT2D eigenvalue weighted by Gasteiger charge is 2.22. The van der Waals surface area contributed by atoms with Crippen molar-refractivity contribution in [1.82, 2.24) is 0 Å². The Morgan fingerprint density at radius 1 is 0.950 bits per heavy atom. The van der Waals surface area contributed by atoms with E-state index in [1.54, 1.807) is 6.07 Å². The molecule has 0 spiro atoms. The Labute approximate surface area is 120 Å². The molecule has 1 aliphatic heterocycles. The molecule has 2 heteroatoms. The summed E-state index contributed by atoms with van der Waals surface area (Å²) in [5.41, 5.74) is 4.32. The molecule has 104 valence electrons. The van der Waals surface area contributed by atoms with E-state index in [4.69, 9.17) is 0 Å². The number of nitrogens with zero attached hydrogens (tertiary/aromatic N) is 1. The van der Waals surface area contributed by atoms with E-state index in [-0.39, 0.29) is 11.2 Å². The monoisotopic (exact) mass is 269 g/mol. The summed E-state index contributed by atoms with van der Waals surface area (Å²) in [5, 5.41) is 0. The molecule has 0 saturated heterocycles. The van der Waals surface area contributed by atoms with E-state index in [0.29, 0.717) is 5.69 Å². The molecule has 20 heavy (non-hydrogen) atoms. The van der Waals surface area contributed by atoms with E-state index in [1.807, 2.05) is 24.3 Å². The van der Waals surface area contributed by atoms with Crippen LogP contribution in [0.15, 0.2) is 42.5 Å². The summed E-state index contributed by atoms with van der Waals surface area (Å²) in [4.78, 5) is 2.10. The van der Waals surface area contributed by atoms with Gasteiger partial charge in [-0.2, -0.15) is 0 Å². The van der Waals surface area contributed by atoms with Crippen molar-refractivity contribution in [2.24, 2.45) is 0 Å². The Balaban J connectivity index is 1.90. The number of fused-ring (bicyclic) bond motifs is 1. The third-order valence-electron chi connectivity index (χ3n) is 4.00. The van der Waals surface area contributed by atoms with E-state index in [2.05, 4.69) is 37.8 Å². The molecule has 0 aliphatic carbocycles. The van der Waals surface area contributed by atoms with Gasteiger partial charge in [0.25, 0.3) is 0 Å². The van der Waals surface area contributed by atoms with Gasteiger partial charge in [0.15, 0.2) is 0 Å². The summed E-state index contributed by atoms with van der Waals surface area (Å²) in [6.45, 7) is 7.90. The third kappa shape index (κ3) is 2.31. The van der Waals surface area contributed by atoms with Crippen molar-refractivity contribution in [3.05, 3.63) is 65.0 Å². The molecule has 0 atom stereocenters. The lowest BCUT2D eigenvalue weighted by atomic mass is 9.87. The number of benzene rings is 2. The standard InChI is InChI=1S/C18H20FN/c1-18(2,3)15-8-9-17(16(19)10-15)20-11-13-6-4-5-7-14(13)12-20/h4-10H,11-12H2,1-3H3. The molecule has 0 saturated carbocycles. The average Bonchev–Trinajstić information content (AvgIpc) is 2.80. The Bertz CT molecular complexity index is 615. The van der Waals surface area contributed by atoms with Gasteiger partial charge in [-0.25, -0.2) is 4.39 Å². The van der Waals surface area contributed by atoms with Crippen LogP contribution in [0.1, 0.15) is 37.5 Å². The van der Waals surface area contributed by atoms with Crippen LogP contribution in [0.2, 0.25) is 0 Å². The van der Waals surface area contributed by atoms with Crippen molar-refractivity contribution in [2.45, 2.75) is 39.3 Å². The predicted octanol–water partition coefficient (Wildman–Crippen LogP) is 4.64. The SMILES string of the molecule is CC(C)(C)c1ccc(N2Cc3ccccc3C2)c(F)c1. The minimum Gasteiger partial charge on any atom is -0.360 e. The first-order valence-corrected chi connectivity index (χ1v) is 7.07. The van der Waals surface area contributed by atoms with Gasteiger partial charge in [0.1, 0.15) is 5.82 Å².